The maximum atomic E-state index is 10.4. The molecule has 0 N–H and O–H groups in total. The van der Waals surface area contributed by atoms with E-state index >= 15 is 0 Å². The third kappa shape index (κ3) is 1.88. The maximum Gasteiger partial charge on any atom is 0.363 e. The second kappa shape index (κ2) is 4.06. The van der Waals surface area contributed by atoms with E-state index in [0.29, 0.717) is 0 Å². The van der Waals surface area contributed by atoms with E-state index in [1.54, 1.807) is 12.3 Å². The van der Waals surface area contributed by atoms with E-state index in [2.05, 4.69) is 9.97 Å². The number of nitrogens with zero attached hydrogens (tertiary/aromatic N) is 3. The number of aromatic nitrogens is 2. The Morgan fingerprint density at radius 3 is 2.62 bits per heavy atom. The molecule has 0 saturated carbocycles. The third-order valence-electron chi connectivity index (χ3n) is 2.25. The lowest BCUT2D eigenvalue weighted by atomic mass is 10.1. The van der Waals surface area contributed by atoms with Gasteiger partial charge >= 0.3 is 5.82 Å². The number of nitro groups is 1. The molecule has 0 fully saturated rings. The first-order valence-electron chi connectivity index (χ1n) is 4.71. The van der Waals surface area contributed by atoms with E-state index in [-0.39, 0.29) is 5.82 Å². The summed E-state index contributed by atoms with van der Waals surface area (Å²) >= 11 is 0. The highest BCUT2D eigenvalue weighted by atomic mass is 16.6. The van der Waals surface area contributed by atoms with Crippen LogP contribution in [-0.4, -0.2) is 14.9 Å². The summed E-state index contributed by atoms with van der Waals surface area (Å²) < 4.78 is 0. The summed E-state index contributed by atoms with van der Waals surface area (Å²) in [6.07, 6.45) is 3.19. The molecule has 0 aliphatic carbocycles. The summed E-state index contributed by atoms with van der Waals surface area (Å²) in [5.41, 5.74) is 2.64. The number of hydrogen-bond acceptors (Lipinski definition) is 4. The van der Waals surface area contributed by atoms with Gasteiger partial charge in [0.15, 0.2) is 0 Å². The first-order chi connectivity index (χ1) is 7.68. The normalized spacial score (nSPS) is 10.1. The van der Waals surface area contributed by atoms with Crippen LogP contribution >= 0.6 is 0 Å². The zero-order valence-corrected chi connectivity index (χ0v) is 8.62. The molecule has 0 bridgehead atoms. The Morgan fingerprint density at radius 1 is 1.25 bits per heavy atom. The Morgan fingerprint density at radius 2 is 2.06 bits per heavy atom. The average molecular weight is 215 g/mol. The van der Waals surface area contributed by atoms with Gasteiger partial charge in [0.05, 0.1) is 0 Å². The van der Waals surface area contributed by atoms with Crippen molar-refractivity contribution >= 4 is 5.82 Å². The first-order valence-corrected chi connectivity index (χ1v) is 4.71. The van der Waals surface area contributed by atoms with Crippen LogP contribution in [0.3, 0.4) is 0 Å². The lowest BCUT2D eigenvalue weighted by Crippen LogP contribution is -1.92. The molecule has 5 heteroatoms. The predicted octanol–water partition coefficient (Wildman–Crippen LogP) is 2.36. The van der Waals surface area contributed by atoms with Crippen molar-refractivity contribution in [1.29, 1.82) is 0 Å². The Hall–Kier alpha value is -2.30. The van der Waals surface area contributed by atoms with Crippen LogP contribution in [0.4, 0.5) is 5.82 Å². The maximum absolute atomic E-state index is 10.4. The van der Waals surface area contributed by atoms with Crippen molar-refractivity contribution in [2.75, 3.05) is 0 Å². The fourth-order valence-electron chi connectivity index (χ4n) is 1.44. The van der Waals surface area contributed by atoms with Crippen molar-refractivity contribution in [1.82, 2.24) is 9.97 Å². The summed E-state index contributed by atoms with van der Waals surface area (Å²) in [4.78, 5) is 17.9. The summed E-state index contributed by atoms with van der Waals surface area (Å²) in [7, 11) is 0. The van der Waals surface area contributed by atoms with Gasteiger partial charge in [0.1, 0.15) is 6.20 Å². The van der Waals surface area contributed by atoms with E-state index < -0.39 is 4.92 Å². The zero-order chi connectivity index (χ0) is 11.5. The van der Waals surface area contributed by atoms with Crippen LogP contribution in [0.25, 0.3) is 11.1 Å². The Bertz CT molecular complexity index is 523. The highest BCUT2D eigenvalue weighted by molar-refractivity contribution is 5.65. The van der Waals surface area contributed by atoms with Crippen LogP contribution < -0.4 is 0 Å². The molecule has 5 nitrogen and oxygen atoms in total. The average Bonchev–Trinajstić information content (AvgIpc) is 2.30. The molecule has 0 unspecified atom stereocenters. The molecule has 0 aromatic carbocycles. The van der Waals surface area contributed by atoms with Crippen molar-refractivity contribution in [3.05, 3.63) is 52.5 Å². The van der Waals surface area contributed by atoms with Crippen LogP contribution in [0.5, 0.6) is 0 Å². The van der Waals surface area contributed by atoms with Crippen molar-refractivity contribution in [3.8, 4) is 11.1 Å². The lowest BCUT2D eigenvalue weighted by molar-refractivity contribution is -0.389. The van der Waals surface area contributed by atoms with Crippen molar-refractivity contribution in [3.63, 3.8) is 0 Å². The van der Waals surface area contributed by atoms with Gasteiger partial charge in [-0.1, -0.05) is 6.07 Å². The van der Waals surface area contributed by atoms with E-state index in [1.165, 1.54) is 12.3 Å². The predicted molar refractivity (Wildman–Crippen MR) is 58.9 cm³/mol. The number of pyridine rings is 2. The van der Waals surface area contributed by atoms with Crippen LogP contribution in [0.15, 0.2) is 36.7 Å². The molecule has 0 amide bonds. The van der Waals surface area contributed by atoms with E-state index in [1.807, 2.05) is 19.1 Å². The zero-order valence-electron chi connectivity index (χ0n) is 8.62. The second-order valence-corrected chi connectivity index (χ2v) is 3.30. The summed E-state index contributed by atoms with van der Waals surface area (Å²) in [5.74, 6) is -0.148. The quantitative estimate of drug-likeness (QED) is 0.569. The van der Waals surface area contributed by atoms with Gasteiger partial charge in [-0.05, 0) is 29.0 Å². The number of aryl methyl sites for hydroxylation is 1. The number of rotatable bonds is 2. The molecular weight excluding hydrogens is 206 g/mol. The summed E-state index contributed by atoms with van der Waals surface area (Å²) in [6.45, 7) is 1.89. The molecule has 2 rings (SSSR count). The molecule has 16 heavy (non-hydrogen) atoms. The molecule has 2 aromatic heterocycles. The fraction of sp³-hybridized carbons (Fsp3) is 0.0909. The molecule has 2 heterocycles. The van der Waals surface area contributed by atoms with Crippen LogP contribution in [0, 0.1) is 17.0 Å². The molecule has 0 saturated heterocycles. The molecule has 0 aliphatic heterocycles. The topological polar surface area (TPSA) is 68.9 Å². The van der Waals surface area contributed by atoms with Crippen molar-refractivity contribution in [2.24, 2.45) is 0 Å². The largest absolute Gasteiger partial charge is 0.363 e. The summed E-state index contributed by atoms with van der Waals surface area (Å²) in [5, 5.41) is 10.4. The minimum absolute atomic E-state index is 0.148. The Labute approximate surface area is 91.9 Å². The minimum atomic E-state index is -0.514. The first kappa shape index (κ1) is 10.2. The number of hydrogen-bond donors (Lipinski definition) is 0. The van der Waals surface area contributed by atoms with Crippen LogP contribution in [0.2, 0.25) is 0 Å². The summed E-state index contributed by atoms with van der Waals surface area (Å²) in [6, 6.07) is 6.80. The van der Waals surface area contributed by atoms with Crippen molar-refractivity contribution in [2.45, 2.75) is 6.92 Å². The van der Waals surface area contributed by atoms with E-state index in [9.17, 15) is 10.1 Å². The van der Waals surface area contributed by atoms with Gasteiger partial charge in [-0.15, -0.1) is 0 Å². The van der Waals surface area contributed by atoms with Gasteiger partial charge in [-0.25, -0.2) is 0 Å². The van der Waals surface area contributed by atoms with Gasteiger partial charge in [0.2, 0.25) is 0 Å². The van der Waals surface area contributed by atoms with Crippen molar-refractivity contribution < 1.29 is 4.92 Å². The molecule has 80 valence electrons. The van der Waals surface area contributed by atoms with E-state index in [4.69, 9.17) is 0 Å². The van der Waals surface area contributed by atoms with Gasteiger partial charge in [0.25, 0.3) is 0 Å². The van der Waals surface area contributed by atoms with Crippen LogP contribution in [0.1, 0.15) is 5.69 Å². The molecule has 0 radical (unpaired) electrons. The van der Waals surface area contributed by atoms with Gasteiger partial charge in [-0.3, -0.25) is 4.98 Å². The smallest absolute Gasteiger partial charge is 0.358 e. The highest BCUT2D eigenvalue weighted by Crippen LogP contribution is 2.21. The van der Waals surface area contributed by atoms with Gasteiger partial charge in [0, 0.05) is 29.1 Å². The SMILES string of the molecule is Cc1ncccc1-c1ccc([N+](=O)[O-])nc1. The van der Waals surface area contributed by atoms with E-state index in [0.717, 1.165) is 16.8 Å². The standard InChI is InChI=1S/C11H9N3O2/c1-8-10(3-2-6-12-8)9-4-5-11(13-7-9)14(15)16/h2-7H,1H3. The van der Waals surface area contributed by atoms with Crippen LogP contribution in [-0.2, 0) is 0 Å². The van der Waals surface area contributed by atoms with Gasteiger partial charge in [-0.2, -0.15) is 0 Å². The highest BCUT2D eigenvalue weighted by Gasteiger charge is 2.08. The van der Waals surface area contributed by atoms with Gasteiger partial charge < -0.3 is 10.1 Å². The molecule has 0 spiro atoms. The molecular formula is C11H9N3O2. The Balaban J connectivity index is 2.43. The fourth-order valence-corrected chi connectivity index (χ4v) is 1.44. The monoisotopic (exact) mass is 215 g/mol. The lowest BCUT2D eigenvalue weighted by Gasteiger charge is -2.02. The molecule has 0 atom stereocenters. The molecule has 0 aliphatic rings. The minimum Gasteiger partial charge on any atom is -0.358 e. The second-order valence-electron chi connectivity index (χ2n) is 3.30. The molecule has 2 aromatic rings. The third-order valence-corrected chi connectivity index (χ3v) is 2.25. The Kier molecular flexibility index (Phi) is 2.59.